The largest absolute Gasteiger partial charge is 0.341 e. The fourth-order valence-corrected chi connectivity index (χ4v) is 3.74. The molecule has 1 aliphatic heterocycles. The smallest absolute Gasteiger partial charge is 0.225 e. The molecule has 2 heterocycles. The Labute approximate surface area is 134 Å². The Morgan fingerprint density at radius 1 is 1.27 bits per heavy atom. The number of ketones is 1. The highest BCUT2D eigenvalue weighted by atomic mass is 32.2. The molecule has 0 unspecified atom stereocenters. The second kappa shape index (κ2) is 6.60. The number of hydrogen-bond donors (Lipinski definition) is 0. The molecule has 1 aliphatic carbocycles. The number of anilines is 1. The van der Waals surface area contributed by atoms with Crippen LogP contribution in [0.2, 0.25) is 0 Å². The second-order valence-electron chi connectivity index (χ2n) is 5.77. The number of carbonyl (C=O) groups excluding carboxylic acids is 2. The first-order chi connectivity index (χ1) is 10.6. The highest BCUT2D eigenvalue weighted by molar-refractivity contribution is 8.18. The summed E-state index contributed by atoms with van der Waals surface area (Å²) in [5, 5.41) is -0.0927. The Hall–Kier alpha value is -1.69. The summed E-state index contributed by atoms with van der Waals surface area (Å²) >= 11 is 1.01. The average molecular weight is 317 g/mol. The van der Waals surface area contributed by atoms with Crippen LogP contribution >= 0.6 is 11.8 Å². The minimum atomic E-state index is -0.115. The summed E-state index contributed by atoms with van der Waals surface area (Å²) in [6, 6.07) is 2.25. The van der Waals surface area contributed by atoms with Crippen molar-refractivity contribution >= 4 is 34.7 Å². The number of carbonyl (C=O) groups is 2. The average Bonchev–Trinajstić information content (AvgIpc) is 2.85. The number of aromatic nitrogens is 2. The molecule has 3 rings (SSSR count). The second-order valence-corrected chi connectivity index (χ2v) is 6.87. The molecule has 2 fully saturated rings. The van der Waals surface area contributed by atoms with Gasteiger partial charge < -0.3 is 4.90 Å². The molecule has 0 radical (unpaired) electrons. The minimum absolute atomic E-state index is 0.00355. The van der Waals surface area contributed by atoms with E-state index < -0.39 is 0 Å². The van der Waals surface area contributed by atoms with E-state index in [2.05, 4.69) is 14.9 Å². The van der Waals surface area contributed by atoms with Crippen molar-refractivity contribution in [3.63, 3.8) is 0 Å². The van der Waals surface area contributed by atoms with Gasteiger partial charge in [-0.15, -0.1) is 0 Å². The van der Waals surface area contributed by atoms with Gasteiger partial charge in [0.05, 0.1) is 17.0 Å². The standard InChI is InChI=1S/C16H19N3O2S/c1-19(12-5-3-2-4-6-12)16-17-8-7-11(18-16)9-14-13(20)10-15(21)22-14/h7-9,12H,2-6,10H2,1H3/b14-9-. The first-order valence-corrected chi connectivity index (χ1v) is 8.46. The van der Waals surface area contributed by atoms with E-state index in [-0.39, 0.29) is 17.3 Å². The highest BCUT2D eigenvalue weighted by Crippen LogP contribution is 2.30. The van der Waals surface area contributed by atoms with E-state index in [9.17, 15) is 9.59 Å². The fourth-order valence-electron chi connectivity index (χ4n) is 2.92. The van der Waals surface area contributed by atoms with Gasteiger partial charge in [0.1, 0.15) is 0 Å². The molecular formula is C16H19N3O2S. The van der Waals surface area contributed by atoms with Gasteiger partial charge in [0.25, 0.3) is 0 Å². The van der Waals surface area contributed by atoms with Gasteiger partial charge in [0, 0.05) is 19.3 Å². The van der Waals surface area contributed by atoms with E-state index in [0.29, 0.717) is 22.6 Å². The lowest BCUT2D eigenvalue weighted by Crippen LogP contribution is -2.34. The number of allylic oxidation sites excluding steroid dienone is 1. The topological polar surface area (TPSA) is 63.2 Å². The zero-order valence-corrected chi connectivity index (χ0v) is 13.4. The van der Waals surface area contributed by atoms with Gasteiger partial charge in [-0.1, -0.05) is 19.3 Å². The molecule has 1 aromatic heterocycles. The van der Waals surface area contributed by atoms with Crippen molar-refractivity contribution in [2.24, 2.45) is 0 Å². The van der Waals surface area contributed by atoms with Crippen molar-refractivity contribution in [2.75, 3.05) is 11.9 Å². The van der Waals surface area contributed by atoms with E-state index in [1.54, 1.807) is 18.3 Å². The van der Waals surface area contributed by atoms with Crippen molar-refractivity contribution < 1.29 is 9.59 Å². The molecule has 0 aromatic carbocycles. The number of nitrogens with zero attached hydrogens (tertiary/aromatic N) is 3. The first kappa shape index (κ1) is 15.2. The predicted molar refractivity (Wildman–Crippen MR) is 87.5 cm³/mol. The normalized spacial score (nSPS) is 21.6. The van der Waals surface area contributed by atoms with Crippen LogP contribution in [0.5, 0.6) is 0 Å². The maximum Gasteiger partial charge on any atom is 0.225 e. The molecule has 1 saturated carbocycles. The maximum absolute atomic E-state index is 11.7. The van der Waals surface area contributed by atoms with E-state index >= 15 is 0 Å². The van der Waals surface area contributed by atoms with Crippen molar-refractivity contribution in [2.45, 2.75) is 44.6 Å². The van der Waals surface area contributed by atoms with Crippen LogP contribution in [0.15, 0.2) is 17.2 Å². The van der Waals surface area contributed by atoms with Crippen molar-refractivity contribution in [3.05, 3.63) is 22.9 Å². The van der Waals surface area contributed by atoms with Crippen LogP contribution in [0.25, 0.3) is 6.08 Å². The first-order valence-electron chi connectivity index (χ1n) is 7.65. The van der Waals surface area contributed by atoms with Crippen LogP contribution in [0.1, 0.15) is 44.2 Å². The Balaban J connectivity index is 1.79. The summed E-state index contributed by atoms with van der Waals surface area (Å²) < 4.78 is 0. The van der Waals surface area contributed by atoms with Crippen LogP contribution in [0.4, 0.5) is 5.95 Å². The Morgan fingerprint density at radius 3 is 2.73 bits per heavy atom. The van der Waals surface area contributed by atoms with Gasteiger partial charge in [-0.3, -0.25) is 9.59 Å². The quantitative estimate of drug-likeness (QED) is 0.631. The van der Waals surface area contributed by atoms with Crippen LogP contribution in [-0.2, 0) is 9.59 Å². The molecule has 0 atom stereocenters. The van der Waals surface area contributed by atoms with E-state index in [1.165, 1.54) is 32.1 Å². The van der Waals surface area contributed by atoms with Crippen molar-refractivity contribution in [1.82, 2.24) is 9.97 Å². The lowest BCUT2D eigenvalue weighted by molar-refractivity contribution is -0.119. The SMILES string of the molecule is CN(c1nccc(/C=C2\SC(=O)CC2=O)n1)C1CCCCC1. The molecule has 0 spiro atoms. The molecule has 22 heavy (non-hydrogen) atoms. The van der Waals surface area contributed by atoms with Crippen LogP contribution in [0, 0.1) is 0 Å². The summed E-state index contributed by atoms with van der Waals surface area (Å²) in [7, 11) is 2.03. The highest BCUT2D eigenvalue weighted by Gasteiger charge is 2.26. The zero-order chi connectivity index (χ0) is 15.5. The fraction of sp³-hybridized carbons (Fsp3) is 0.500. The molecule has 6 heteroatoms. The molecular weight excluding hydrogens is 298 g/mol. The Bertz CT molecular complexity index is 624. The van der Waals surface area contributed by atoms with Crippen LogP contribution in [0.3, 0.4) is 0 Å². The van der Waals surface area contributed by atoms with Gasteiger partial charge in [-0.2, -0.15) is 0 Å². The summed E-state index contributed by atoms with van der Waals surface area (Å²) in [5.74, 6) is 0.568. The molecule has 0 bridgehead atoms. The van der Waals surface area contributed by atoms with E-state index in [4.69, 9.17) is 0 Å². The number of Topliss-reactive ketones (excluding diaryl/α,β-unsaturated/α-hetero) is 1. The van der Waals surface area contributed by atoms with E-state index in [1.807, 2.05) is 7.05 Å². The lowest BCUT2D eigenvalue weighted by Gasteiger charge is -2.31. The summed E-state index contributed by atoms with van der Waals surface area (Å²) in [4.78, 5) is 34.5. The minimum Gasteiger partial charge on any atom is -0.341 e. The van der Waals surface area contributed by atoms with Crippen molar-refractivity contribution in [3.8, 4) is 0 Å². The maximum atomic E-state index is 11.7. The Morgan fingerprint density at radius 2 is 2.05 bits per heavy atom. The third-order valence-corrected chi connectivity index (χ3v) is 5.12. The zero-order valence-electron chi connectivity index (χ0n) is 12.6. The lowest BCUT2D eigenvalue weighted by atomic mass is 9.95. The molecule has 0 N–H and O–H groups in total. The summed E-state index contributed by atoms with van der Waals surface area (Å²) in [6.07, 6.45) is 9.57. The van der Waals surface area contributed by atoms with E-state index in [0.717, 1.165) is 11.8 Å². The third kappa shape index (κ3) is 3.38. The molecule has 5 nitrogen and oxygen atoms in total. The third-order valence-electron chi connectivity index (χ3n) is 4.18. The number of rotatable bonds is 3. The van der Waals surface area contributed by atoms with Gasteiger partial charge in [-0.25, -0.2) is 9.97 Å². The molecule has 1 aromatic rings. The molecule has 1 saturated heterocycles. The molecule has 0 amide bonds. The van der Waals surface area contributed by atoms with Crippen LogP contribution in [-0.4, -0.2) is 34.0 Å². The van der Waals surface area contributed by atoms with Gasteiger partial charge in [-0.05, 0) is 36.7 Å². The Kier molecular flexibility index (Phi) is 4.57. The number of hydrogen-bond acceptors (Lipinski definition) is 6. The summed E-state index contributed by atoms with van der Waals surface area (Å²) in [5.41, 5.74) is 0.679. The number of thioether (sulfide) groups is 1. The van der Waals surface area contributed by atoms with Gasteiger partial charge in [0.2, 0.25) is 11.1 Å². The van der Waals surface area contributed by atoms with Gasteiger partial charge in [0.15, 0.2) is 5.78 Å². The van der Waals surface area contributed by atoms with Gasteiger partial charge >= 0.3 is 0 Å². The van der Waals surface area contributed by atoms with Crippen molar-refractivity contribution in [1.29, 1.82) is 0 Å². The summed E-state index contributed by atoms with van der Waals surface area (Å²) in [6.45, 7) is 0. The monoisotopic (exact) mass is 317 g/mol. The molecule has 2 aliphatic rings. The molecule has 116 valence electrons. The predicted octanol–water partition coefficient (Wildman–Crippen LogP) is 2.82. The van der Waals surface area contributed by atoms with Crippen LogP contribution < -0.4 is 4.90 Å².